The molecule has 14 atom stereocenters. The summed E-state index contributed by atoms with van der Waals surface area (Å²) >= 11 is 0. The Kier molecular flexibility index (Phi) is 15.1. The molecule has 6 aliphatic rings. The zero-order valence-corrected chi connectivity index (χ0v) is 37.9. The van der Waals surface area contributed by atoms with Crippen LogP contribution in [0, 0.1) is 27.7 Å². The zero-order chi connectivity index (χ0) is 49.5. The molecule has 4 aromatic rings. The number of nitrogens with zero attached hydrogens (tertiary/aromatic N) is 6. The number of H-pyrrole nitrogens is 2. The summed E-state index contributed by atoms with van der Waals surface area (Å²) < 4.78 is 38.7. The van der Waals surface area contributed by atoms with E-state index in [1.165, 1.54) is 21.5 Å². The number of aryl methyl sites for hydroxylation is 4. The Hall–Kier alpha value is -5.68. The van der Waals surface area contributed by atoms with E-state index in [-0.39, 0.29) is 61.2 Å². The lowest BCUT2D eigenvalue weighted by Crippen LogP contribution is -2.34. The normalized spacial score (nSPS) is 31.4. The summed E-state index contributed by atoms with van der Waals surface area (Å²) in [4.78, 5) is 80.3. The third kappa shape index (κ3) is 9.91. The first-order chi connectivity index (χ1) is 32.3. The maximum Gasteiger partial charge on any atom is 0.330 e. The molecule has 0 amide bonds. The predicted molar refractivity (Wildman–Crippen MR) is 231 cm³/mol. The summed E-state index contributed by atoms with van der Waals surface area (Å²) in [6.45, 7) is 9.81. The van der Waals surface area contributed by atoms with Gasteiger partial charge in [0.2, 0.25) is 0 Å². The Morgan fingerprint density at radius 3 is 1.32 bits per heavy atom. The highest BCUT2D eigenvalue weighted by Gasteiger charge is 2.52. The molecule has 10 heterocycles. The van der Waals surface area contributed by atoms with Crippen LogP contribution in [0.15, 0.2) is 53.6 Å². The van der Waals surface area contributed by atoms with E-state index in [0.717, 1.165) is 6.42 Å². The minimum Gasteiger partial charge on any atom is -0.453 e. The van der Waals surface area contributed by atoms with Gasteiger partial charge in [-0.2, -0.15) is 9.97 Å². The van der Waals surface area contributed by atoms with Gasteiger partial charge in [-0.1, -0.05) is 13.8 Å². The highest BCUT2D eigenvalue weighted by atomic mass is 16.6. The first-order valence-electron chi connectivity index (χ1n) is 22.0. The monoisotopic (exact) mass is 960 g/mol. The molecule has 0 aliphatic carbocycles. The van der Waals surface area contributed by atoms with Crippen LogP contribution in [0.1, 0.15) is 86.7 Å². The van der Waals surface area contributed by atoms with Crippen molar-refractivity contribution in [3.05, 3.63) is 109 Å². The number of aromatic amines is 2. The van der Waals surface area contributed by atoms with E-state index in [2.05, 4.69) is 19.9 Å². The Morgan fingerprint density at radius 2 is 0.926 bits per heavy atom. The topological polar surface area (TPSA) is 356 Å². The van der Waals surface area contributed by atoms with Gasteiger partial charge >= 0.3 is 23.4 Å². The molecule has 0 radical (unpaired) electrons. The minimum atomic E-state index is -0.929. The highest BCUT2D eigenvalue weighted by Crippen LogP contribution is 2.40. The number of aliphatic hydroxyl groups is 6. The van der Waals surface area contributed by atoms with Crippen LogP contribution in [0.5, 0.6) is 12.0 Å². The third-order valence-corrected chi connectivity index (χ3v) is 12.3. The van der Waals surface area contributed by atoms with Crippen molar-refractivity contribution < 1.29 is 59.1 Å². The Morgan fingerprint density at radius 1 is 0.544 bits per heavy atom. The Labute approximate surface area is 384 Å². The number of hydrogen-bond acceptors (Lipinski definition) is 20. The van der Waals surface area contributed by atoms with Crippen LogP contribution in [0.4, 0.5) is 0 Å². The molecule has 4 fully saturated rings. The van der Waals surface area contributed by atoms with Crippen LogP contribution in [0.3, 0.4) is 0 Å². The molecule has 0 saturated carbocycles. The molecule has 6 aliphatic heterocycles. The molecule has 0 unspecified atom stereocenters. The van der Waals surface area contributed by atoms with Gasteiger partial charge in [0.05, 0.1) is 37.6 Å². The summed E-state index contributed by atoms with van der Waals surface area (Å²) in [5.74, 6) is 0. The molecule has 0 bridgehead atoms. The molecular formula is C42H56N8O18. The smallest absolute Gasteiger partial charge is 0.330 e. The first-order valence-corrected chi connectivity index (χ1v) is 22.0. The molecule has 8 N–H and O–H groups in total. The molecule has 4 saturated heterocycles. The van der Waals surface area contributed by atoms with Crippen molar-refractivity contribution in [2.24, 2.45) is 0 Å². The van der Waals surface area contributed by atoms with Gasteiger partial charge in [-0.05, 0) is 40.5 Å². The van der Waals surface area contributed by atoms with Crippen LogP contribution in [0.25, 0.3) is 0 Å². The van der Waals surface area contributed by atoms with E-state index in [9.17, 15) is 49.2 Å². The van der Waals surface area contributed by atoms with Crippen LogP contribution in [-0.4, -0.2) is 143 Å². The lowest BCUT2D eigenvalue weighted by Gasteiger charge is -2.14. The number of ether oxygens (including phenoxy) is 6. The van der Waals surface area contributed by atoms with E-state index >= 15 is 0 Å². The average Bonchev–Trinajstić information content (AvgIpc) is 4.15. The number of fused-ring (bicyclic) bond motifs is 6. The molecule has 4 aromatic heterocycles. The molecule has 0 spiro atoms. The van der Waals surface area contributed by atoms with Gasteiger partial charge in [-0.3, -0.25) is 47.4 Å². The van der Waals surface area contributed by atoms with E-state index in [1.54, 1.807) is 49.2 Å². The average molecular weight is 961 g/mol. The van der Waals surface area contributed by atoms with E-state index in [0.29, 0.717) is 35.1 Å². The van der Waals surface area contributed by atoms with E-state index in [4.69, 9.17) is 38.6 Å². The highest BCUT2D eigenvalue weighted by molar-refractivity contribution is 5.17. The van der Waals surface area contributed by atoms with E-state index in [1.807, 2.05) is 13.8 Å². The van der Waals surface area contributed by atoms with Crippen LogP contribution in [-0.2, 0) is 18.9 Å². The van der Waals surface area contributed by atoms with Crippen molar-refractivity contribution >= 4 is 0 Å². The molecule has 26 nitrogen and oxygen atoms in total. The van der Waals surface area contributed by atoms with Gasteiger partial charge in [0.1, 0.15) is 36.9 Å². The SMILES string of the molecule is CC[C@H]1O[C@@H](n2cc(C)c(=O)[nH]c2=O)C[C@@H]1O.CC[C@H]1O[C@@H]2[C@@H](Oc3nc(=O)c(C)cn32)[C@@H]1O.Cc1cn([C@H]2C[C@H](O)[C@@H](CO)O2)c(=O)[nH]c1=O.Cc1cn2c(nc1=O)O[C@H]1[C@H](O)[C@@H](CO)O[C@H]12. The number of nitrogens with one attached hydrogen (secondary N) is 2. The maximum absolute atomic E-state index is 11.6. The van der Waals surface area contributed by atoms with Crippen LogP contribution < -0.4 is 43.1 Å². The zero-order valence-electron chi connectivity index (χ0n) is 37.9. The number of aromatic nitrogens is 8. The van der Waals surface area contributed by atoms with Gasteiger partial charge in [0.25, 0.3) is 22.2 Å². The van der Waals surface area contributed by atoms with Crippen LogP contribution in [0.2, 0.25) is 0 Å². The quantitative estimate of drug-likeness (QED) is 0.0951. The molecule has 372 valence electrons. The maximum atomic E-state index is 11.6. The third-order valence-electron chi connectivity index (χ3n) is 12.3. The summed E-state index contributed by atoms with van der Waals surface area (Å²) in [6.07, 6.45) is 0.0934. The van der Waals surface area contributed by atoms with Crippen molar-refractivity contribution in [1.82, 2.24) is 38.2 Å². The summed E-state index contributed by atoms with van der Waals surface area (Å²) in [6, 6.07) is 0.371. The van der Waals surface area contributed by atoms with Crippen molar-refractivity contribution in [2.45, 2.75) is 153 Å². The predicted octanol–water partition coefficient (Wildman–Crippen LogP) is -3.07. The minimum absolute atomic E-state index is 0.144. The first kappa shape index (κ1) is 50.2. The molecule has 68 heavy (non-hydrogen) atoms. The standard InChI is InChI=1S/C11H14N2O4.C11H16N2O4.C10H12N2O5.C10H14N2O5/c1-3-6-7(14)8-10(16-6)13-4-5(2)9(15)12-11(13)17-8;1-3-8-7(14)4-9(17-8)13-5-6(2)10(15)12-11(13)16;1-4-2-12-9-7(6(14)5(3-13)16-9)17-10(12)11-8(4)15;1-5-3-12(10(16)11-9(5)15)8-2-6(14)7(4-13)17-8/h4,6-8,10,14H,3H2,1-2H3;5,7-9,14H,3-4H2,1-2H3,(H,12,15,16);2,5-7,9,13-14H,3H2,1H3;3,6-8,13-14H,2,4H2,1H3,(H,11,15,16)/t6-,7-,8+,10-;7-,8+,9+;5-,6-,7+,9-;6-,7+,8+/m1010/s1. The van der Waals surface area contributed by atoms with Gasteiger partial charge in [0, 0.05) is 59.9 Å². The number of hydrogen-bond donors (Lipinski definition) is 8. The fourth-order valence-corrected chi connectivity index (χ4v) is 8.42. The second-order valence-electron chi connectivity index (χ2n) is 17.1. The van der Waals surface area contributed by atoms with Gasteiger partial charge in [-0.25, -0.2) is 9.59 Å². The van der Waals surface area contributed by atoms with Gasteiger partial charge < -0.3 is 59.1 Å². The van der Waals surface area contributed by atoms with Crippen molar-refractivity contribution in [3.8, 4) is 12.0 Å². The molecule has 26 heteroatoms. The second-order valence-corrected chi connectivity index (χ2v) is 17.1. The summed E-state index contributed by atoms with van der Waals surface area (Å²) in [5, 5.41) is 57.1. The van der Waals surface area contributed by atoms with Gasteiger partial charge in [0.15, 0.2) is 24.7 Å². The van der Waals surface area contributed by atoms with Crippen molar-refractivity contribution in [1.29, 1.82) is 0 Å². The lowest BCUT2D eigenvalue weighted by molar-refractivity contribution is -0.0459. The van der Waals surface area contributed by atoms with Crippen molar-refractivity contribution in [3.63, 3.8) is 0 Å². The van der Waals surface area contributed by atoms with Crippen molar-refractivity contribution in [2.75, 3.05) is 13.2 Å². The number of rotatable bonds is 6. The molecule has 10 rings (SSSR count). The summed E-state index contributed by atoms with van der Waals surface area (Å²) in [5.41, 5.74) is -0.745. The van der Waals surface area contributed by atoms with Crippen LogP contribution >= 0.6 is 0 Å². The fraction of sp³-hybridized carbons (Fsp3) is 0.619. The Balaban J connectivity index is 0.000000134. The fourth-order valence-electron chi connectivity index (χ4n) is 8.42. The lowest BCUT2D eigenvalue weighted by atomic mass is 10.1. The molecule has 0 aromatic carbocycles. The second kappa shape index (κ2) is 20.5. The van der Waals surface area contributed by atoms with Gasteiger partial charge in [-0.15, -0.1) is 0 Å². The molecular weight excluding hydrogens is 904 g/mol. The largest absolute Gasteiger partial charge is 0.453 e. The van der Waals surface area contributed by atoms with E-state index < -0.39 is 90.0 Å². The Bertz CT molecular complexity index is 2630. The number of aliphatic hydroxyl groups excluding tert-OH is 6. The summed E-state index contributed by atoms with van der Waals surface area (Å²) in [7, 11) is 0.